The number of esters is 1. The van der Waals surface area contributed by atoms with Gasteiger partial charge in [0.1, 0.15) is 17.1 Å². The highest BCUT2D eigenvalue weighted by atomic mass is 35.5. The molecule has 0 N–H and O–H groups in total. The zero-order valence-electron chi connectivity index (χ0n) is 17.7. The van der Waals surface area contributed by atoms with Gasteiger partial charge in [0.05, 0.1) is 10.6 Å². The van der Waals surface area contributed by atoms with Crippen LogP contribution in [0.2, 0.25) is 5.02 Å². The van der Waals surface area contributed by atoms with E-state index in [0.717, 1.165) is 24.0 Å². The Bertz CT molecular complexity index is 1370. The van der Waals surface area contributed by atoms with Crippen LogP contribution in [0.1, 0.15) is 39.9 Å². The van der Waals surface area contributed by atoms with E-state index in [1.54, 1.807) is 6.07 Å². The van der Waals surface area contributed by atoms with Gasteiger partial charge in [0.2, 0.25) is 10.0 Å². The molecule has 9 heteroatoms. The molecule has 0 saturated carbocycles. The smallest absolute Gasteiger partial charge is 0.338 e. The molecule has 1 aliphatic heterocycles. The van der Waals surface area contributed by atoms with Crippen molar-refractivity contribution >= 4 is 38.6 Å². The summed E-state index contributed by atoms with van der Waals surface area (Å²) in [5.41, 5.74) is 2.42. The molecule has 0 unspecified atom stereocenters. The fourth-order valence-corrected chi connectivity index (χ4v) is 5.74. The Labute approximate surface area is 190 Å². The molecule has 3 aromatic rings. The van der Waals surface area contributed by atoms with Gasteiger partial charge in [-0.1, -0.05) is 11.6 Å². The number of carbonyl (C=O) groups is 1. The first kappa shape index (κ1) is 22.5. The maximum absolute atomic E-state index is 12.9. The normalized spacial score (nSPS) is 14.7. The molecule has 2 heterocycles. The van der Waals surface area contributed by atoms with Crippen LogP contribution in [-0.4, -0.2) is 31.8 Å². The second kappa shape index (κ2) is 8.69. The lowest BCUT2D eigenvalue weighted by molar-refractivity contribution is 0.0473. The number of benzene rings is 2. The second-order valence-corrected chi connectivity index (χ2v) is 10.2. The molecule has 32 heavy (non-hydrogen) atoms. The average Bonchev–Trinajstić information content (AvgIpc) is 3.29. The van der Waals surface area contributed by atoms with E-state index < -0.39 is 21.6 Å². The van der Waals surface area contributed by atoms with Crippen molar-refractivity contribution in [3.8, 4) is 0 Å². The van der Waals surface area contributed by atoms with Crippen LogP contribution in [0.3, 0.4) is 0 Å². The highest BCUT2D eigenvalue weighted by molar-refractivity contribution is 7.89. The molecule has 1 fully saturated rings. The van der Waals surface area contributed by atoms with Crippen molar-refractivity contribution in [1.82, 2.24) is 4.31 Å². The van der Waals surface area contributed by atoms with E-state index in [2.05, 4.69) is 0 Å². The highest BCUT2D eigenvalue weighted by Gasteiger charge is 2.30. The maximum Gasteiger partial charge on any atom is 0.338 e. The largest absolute Gasteiger partial charge is 0.457 e. The third-order valence-corrected chi connectivity index (χ3v) is 8.03. The molecule has 168 valence electrons. The van der Waals surface area contributed by atoms with Gasteiger partial charge in [0.25, 0.3) is 0 Å². The van der Waals surface area contributed by atoms with Crippen LogP contribution >= 0.6 is 11.6 Å². The standard InChI is InChI=1S/C23H22ClNO6S/c1-14-9-18-17(12-22(26)31-20(18)10-15(14)2)13-30-23(27)16-5-6-19(24)21(11-16)32(28,29)25-7-3-4-8-25/h5-6,9-12H,3-4,7-8,13H2,1-2H3. The van der Waals surface area contributed by atoms with E-state index in [1.807, 2.05) is 19.9 Å². The van der Waals surface area contributed by atoms with Gasteiger partial charge in [-0.15, -0.1) is 0 Å². The minimum absolute atomic E-state index is 0.0472. The molecule has 1 aliphatic rings. The van der Waals surface area contributed by atoms with Gasteiger partial charge in [0, 0.05) is 30.1 Å². The van der Waals surface area contributed by atoms with Crippen LogP contribution in [0, 0.1) is 13.8 Å². The monoisotopic (exact) mass is 475 g/mol. The Balaban J connectivity index is 1.61. The zero-order chi connectivity index (χ0) is 23.0. The first-order chi connectivity index (χ1) is 15.2. The second-order valence-electron chi connectivity index (χ2n) is 7.86. The van der Waals surface area contributed by atoms with Gasteiger partial charge in [-0.05, 0) is 68.1 Å². The van der Waals surface area contributed by atoms with Gasteiger partial charge in [0.15, 0.2) is 0 Å². The van der Waals surface area contributed by atoms with E-state index in [1.165, 1.54) is 28.6 Å². The summed E-state index contributed by atoms with van der Waals surface area (Å²) in [6.07, 6.45) is 1.58. The van der Waals surface area contributed by atoms with Gasteiger partial charge < -0.3 is 9.15 Å². The van der Waals surface area contributed by atoms with E-state index in [0.29, 0.717) is 29.6 Å². The lowest BCUT2D eigenvalue weighted by Crippen LogP contribution is -2.28. The SMILES string of the molecule is Cc1cc2oc(=O)cc(COC(=O)c3ccc(Cl)c(S(=O)(=O)N4CCCC4)c3)c2cc1C. The highest BCUT2D eigenvalue weighted by Crippen LogP contribution is 2.29. The summed E-state index contributed by atoms with van der Waals surface area (Å²) in [5, 5.41) is 0.722. The molecule has 0 radical (unpaired) electrons. The predicted octanol–water partition coefficient (Wildman–Crippen LogP) is 4.20. The summed E-state index contributed by atoms with van der Waals surface area (Å²) in [6.45, 7) is 4.54. The quantitative estimate of drug-likeness (QED) is 0.405. The van der Waals surface area contributed by atoms with Gasteiger partial charge in [-0.25, -0.2) is 18.0 Å². The van der Waals surface area contributed by atoms with E-state index in [-0.39, 0.29) is 22.1 Å². The summed E-state index contributed by atoms with van der Waals surface area (Å²) >= 11 is 6.14. The Kier molecular flexibility index (Phi) is 6.11. The van der Waals surface area contributed by atoms with Crippen LogP contribution in [0.5, 0.6) is 0 Å². The maximum atomic E-state index is 12.9. The zero-order valence-corrected chi connectivity index (χ0v) is 19.3. The third kappa shape index (κ3) is 4.30. The van der Waals surface area contributed by atoms with Crippen molar-refractivity contribution in [2.24, 2.45) is 0 Å². The molecule has 7 nitrogen and oxygen atoms in total. The first-order valence-electron chi connectivity index (χ1n) is 10.2. The Hall–Kier alpha value is -2.68. The average molecular weight is 476 g/mol. The van der Waals surface area contributed by atoms with Crippen LogP contribution < -0.4 is 5.63 Å². The molecule has 0 amide bonds. The summed E-state index contributed by atoms with van der Waals surface area (Å²) in [7, 11) is -3.80. The number of hydrogen-bond acceptors (Lipinski definition) is 6. The number of sulfonamides is 1. The molecule has 1 saturated heterocycles. The van der Waals surface area contributed by atoms with Crippen LogP contribution in [0.4, 0.5) is 0 Å². The number of rotatable bonds is 5. The van der Waals surface area contributed by atoms with Crippen LogP contribution in [0.15, 0.2) is 50.5 Å². The van der Waals surface area contributed by atoms with Crippen molar-refractivity contribution in [3.63, 3.8) is 0 Å². The summed E-state index contributed by atoms with van der Waals surface area (Å²) in [5.74, 6) is -0.718. The van der Waals surface area contributed by atoms with Crippen molar-refractivity contribution in [2.75, 3.05) is 13.1 Å². The molecule has 4 rings (SSSR count). The molecule has 1 aromatic heterocycles. The van der Waals surface area contributed by atoms with Crippen LogP contribution in [0.25, 0.3) is 11.0 Å². The molecular formula is C23H22ClNO6S. The number of ether oxygens (including phenoxy) is 1. The number of fused-ring (bicyclic) bond motifs is 1. The fraction of sp³-hybridized carbons (Fsp3) is 0.304. The van der Waals surface area contributed by atoms with Crippen molar-refractivity contribution < 1.29 is 22.4 Å². The minimum atomic E-state index is -3.80. The minimum Gasteiger partial charge on any atom is -0.457 e. The third-order valence-electron chi connectivity index (χ3n) is 5.65. The summed E-state index contributed by atoms with van der Waals surface area (Å²) in [4.78, 5) is 24.5. The molecule has 2 aromatic carbocycles. The van der Waals surface area contributed by atoms with Crippen molar-refractivity contribution in [1.29, 1.82) is 0 Å². The van der Waals surface area contributed by atoms with Gasteiger partial charge in [-0.3, -0.25) is 0 Å². The van der Waals surface area contributed by atoms with Crippen molar-refractivity contribution in [2.45, 2.75) is 38.2 Å². The molecular weight excluding hydrogens is 454 g/mol. The molecule has 0 spiro atoms. The number of aryl methyl sites for hydroxylation is 2. The van der Waals surface area contributed by atoms with E-state index in [9.17, 15) is 18.0 Å². The Morgan fingerprint density at radius 1 is 1.09 bits per heavy atom. The molecule has 0 aliphatic carbocycles. The van der Waals surface area contributed by atoms with Crippen LogP contribution in [-0.2, 0) is 21.4 Å². The lowest BCUT2D eigenvalue weighted by Gasteiger charge is -2.17. The van der Waals surface area contributed by atoms with Gasteiger partial charge >= 0.3 is 11.6 Å². The van der Waals surface area contributed by atoms with E-state index >= 15 is 0 Å². The van der Waals surface area contributed by atoms with E-state index in [4.69, 9.17) is 20.8 Å². The topological polar surface area (TPSA) is 93.9 Å². The Morgan fingerprint density at radius 3 is 2.50 bits per heavy atom. The number of nitrogens with zero attached hydrogens (tertiary/aromatic N) is 1. The van der Waals surface area contributed by atoms with Crippen molar-refractivity contribution in [3.05, 3.63) is 74.1 Å². The number of halogens is 1. The predicted molar refractivity (Wildman–Crippen MR) is 121 cm³/mol. The number of carbonyl (C=O) groups excluding carboxylic acids is 1. The molecule has 0 atom stereocenters. The molecule has 0 bridgehead atoms. The first-order valence-corrected chi connectivity index (χ1v) is 12.0. The van der Waals surface area contributed by atoms with Gasteiger partial charge in [-0.2, -0.15) is 4.31 Å². The fourth-order valence-electron chi connectivity index (χ4n) is 3.72. The number of hydrogen-bond donors (Lipinski definition) is 0. The Morgan fingerprint density at radius 2 is 1.78 bits per heavy atom. The summed E-state index contributed by atoms with van der Waals surface area (Å²) < 4.78 is 37.8. The summed E-state index contributed by atoms with van der Waals surface area (Å²) in [6, 6.07) is 8.96. The lowest BCUT2D eigenvalue weighted by atomic mass is 10.0.